The molecule has 6 heteroatoms. The largest absolute Gasteiger partial charge is 0.461 e. The van der Waals surface area contributed by atoms with Gasteiger partial charge in [0.15, 0.2) is 11.3 Å². The zero-order chi connectivity index (χ0) is 15.7. The Hall–Kier alpha value is -2.89. The van der Waals surface area contributed by atoms with Crippen LogP contribution in [0.2, 0.25) is 0 Å². The first-order valence-electron chi connectivity index (χ1n) is 6.80. The molecular weight excluding hydrogens is 285 g/mol. The van der Waals surface area contributed by atoms with Gasteiger partial charge in [-0.1, -0.05) is 12.1 Å². The maximum absolute atomic E-state index is 13.0. The van der Waals surface area contributed by atoms with Crippen LogP contribution in [0.15, 0.2) is 42.7 Å². The second kappa shape index (κ2) is 5.48. The van der Waals surface area contributed by atoms with Gasteiger partial charge in [0.2, 0.25) is 0 Å². The summed E-state index contributed by atoms with van der Waals surface area (Å²) in [5.41, 5.74) is 8.86. The summed E-state index contributed by atoms with van der Waals surface area (Å²) in [5, 5.41) is 0. The second-order valence-corrected chi connectivity index (χ2v) is 4.71. The fraction of sp³-hybridized carbons (Fsp3) is 0.125. The molecule has 2 N–H and O–H groups in total. The van der Waals surface area contributed by atoms with Crippen LogP contribution < -0.4 is 5.73 Å². The summed E-state index contributed by atoms with van der Waals surface area (Å²) in [6.07, 6.45) is 3.13. The maximum atomic E-state index is 13.0. The number of hydrogen-bond acceptors (Lipinski definition) is 4. The molecule has 0 bridgehead atoms. The van der Waals surface area contributed by atoms with E-state index in [-0.39, 0.29) is 12.4 Å². The van der Waals surface area contributed by atoms with E-state index >= 15 is 0 Å². The third kappa shape index (κ3) is 2.28. The normalized spacial score (nSPS) is 10.8. The number of carbonyl (C=O) groups excluding carboxylic acids is 1. The highest BCUT2D eigenvalue weighted by molar-refractivity contribution is 5.91. The van der Waals surface area contributed by atoms with Gasteiger partial charge in [-0.2, -0.15) is 0 Å². The summed E-state index contributed by atoms with van der Waals surface area (Å²) in [6, 6.07) is 7.79. The number of pyridine rings is 1. The molecule has 2 heterocycles. The van der Waals surface area contributed by atoms with E-state index < -0.39 is 5.97 Å². The molecule has 112 valence electrons. The van der Waals surface area contributed by atoms with Crippen molar-refractivity contribution < 1.29 is 13.9 Å². The summed E-state index contributed by atoms with van der Waals surface area (Å²) in [5.74, 6) is -0.766. The van der Waals surface area contributed by atoms with E-state index in [1.807, 2.05) is 0 Å². The first kappa shape index (κ1) is 14.1. The lowest BCUT2D eigenvalue weighted by molar-refractivity contribution is 0.0518. The molecule has 0 fully saturated rings. The highest BCUT2D eigenvalue weighted by Gasteiger charge is 2.16. The lowest BCUT2D eigenvalue weighted by atomic mass is 10.1. The third-order valence-electron chi connectivity index (χ3n) is 3.36. The van der Waals surface area contributed by atoms with Crippen molar-refractivity contribution in [3.8, 4) is 11.1 Å². The smallest absolute Gasteiger partial charge is 0.356 e. The average molecular weight is 299 g/mol. The quantitative estimate of drug-likeness (QED) is 0.755. The minimum absolute atomic E-state index is 0.287. The fourth-order valence-corrected chi connectivity index (χ4v) is 2.31. The Balaban J connectivity index is 2.11. The number of fused-ring (bicyclic) bond motifs is 1. The van der Waals surface area contributed by atoms with E-state index in [0.717, 1.165) is 11.1 Å². The number of carbonyl (C=O) groups is 1. The lowest BCUT2D eigenvalue weighted by Crippen LogP contribution is -2.08. The summed E-state index contributed by atoms with van der Waals surface area (Å²) in [6.45, 7) is 2.03. The SMILES string of the molecule is CCOC(=O)c1cnc2c(N)c(-c3ccc(F)cc3)ccn12. The van der Waals surface area contributed by atoms with Crippen molar-refractivity contribution in [2.75, 3.05) is 12.3 Å². The van der Waals surface area contributed by atoms with Gasteiger partial charge in [0.1, 0.15) is 5.82 Å². The van der Waals surface area contributed by atoms with E-state index in [1.165, 1.54) is 18.3 Å². The van der Waals surface area contributed by atoms with Gasteiger partial charge in [0, 0.05) is 11.8 Å². The summed E-state index contributed by atoms with van der Waals surface area (Å²) in [4.78, 5) is 16.0. The van der Waals surface area contributed by atoms with E-state index in [4.69, 9.17) is 10.5 Å². The molecule has 0 radical (unpaired) electrons. The van der Waals surface area contributed by atoms with Crippen LogP contribution in [0, 0.1) is 5.82 Å². The zero-order valence-corrected chi connectivity index (χ0v) is 11.9. The molecule has 0 atom stereocenters. The molecule has 5 nitrogen and oxygen atoms in total. The number of nitrogen functional groups attached to an aromatic ring is 1. The number of aromatic nitrogens is 2. The maximum Gasteiger partial charge on any atom is 0.356 e. The summed E-state index contributed by atoms with van der Waals surface area (Å²) >= 11 is 0. The zero-order valence-electron chi connectivity index (χ0n) is 11.9. The molecular formula is C16H14FN3O2. The highest BCUT2D eigenvalue weighted by atomic mass is 19.1. The molecule has 0 unspecified atom stereocenters. The Kier molecular flexibility index (Phi) is 3.50. The van der Waals surface area contributed by atoms with Gasteiger partial charge in [-0.3, -0.25) is 4.40 Å². The van der Waals surface area contributed by atoms with Crippen molar-refractivity contribution in [3.05, 3.63) is 54.2 Å². The molecule has 0 spiro atoms. The highest BCUT2D eigenvalue weighted by Crippen LogP contribution is 2.29. The molecule has 0 aliphatic rings. The summed E-state index contributed by atoms with van der Waals surface area (Å²) in [7, 11) is 0. The van der Waals surface area contributed by atoms with Gasteiger partial charge in [-0.05, 0) is 30.7 Å². The van der Waals surface area contributed by atoms with Crippen molar-refractivity contribution in [2.45, 2.75) is 6.92 Å². The monoisotopic (exact) mass is 299 g/mol. The van der Waals surface area contributed by atoms with Crippen LogP contribution in [0.25, 0.3) is 16.8 Å². The second-order valence-electron chi connectivity index (χ2n) is 4.71. The van der Waals surface area contributed by atoms with Gasteiger partial charge >= 0.3 is 5.97 Å². The van der Waals surface area contributed by atoms with Gasteiger partial charge in [-0.25, -0.2) is 14.2 Å². The average Bonchev–Trinajstić information content (AvgIpc) is 2.94. The predicted molar refractivity (Wildman–Crippen MR) is 81.0 cm³/mol. The molecule has 3 rings (SSSR count). The molecule has 0 aliphatic heterocycles. The number of benzene rings is 1. The molecule has 2 aromatic heterocycles. The van der Waals surface area contributed by atoms with Crippen LogP contribution in [0.4, 0.5) is 10.1 Å². The number of nitrogens with two attached hydrogens (primary N) is 1. The number of ether oxygens (including phenoxy) is 1. The lowest BCUT2D eigenvalue weighted by Gasteiger charge is -2.08. The van der Waals surface area contributed by atoms with Gasteiger partial charge in [0.05, 0.1) is 18.5 Å². The fourth-order valence-electron chi connectivity index (χ4n) is 2.31. The number of nitrogens with zero attached hydrogens (tertiary/aromatic N) is 2. The van der Waals surface area contributed by atoms with Crippen LogP contribution in [0.3, 0.4) is 0 Å². The molecule has 1 aromatic carbocycles. The molecule has 0 saturated heterocycles. The Morgan fingerprint density at radius 3 is 2.73 bits per heavy atom. The first-order chi connectivity index (χ1) is 10.6. The number of hydrogen-bond donors (Lipinski definition) is 1. The van der Waals surface area contributed by atoms with Crippen LogP contribution >= 0.6 is 0 Å². The van der Waals surface area contributed by atoms with Crippen molar-refractivity contribution in [1.29, 1.82) is 0 Å². The molecule has 3 aromatic rings. The molecule has 22 heavy (non-hydrogen) atoms. The minimum Gasteiger partial charge on any atom is -0.461 e. The first-order valence-corrected chi connectivity index (χ1v) is 6.80. The number of halogens is 1. The van der Waals surface area contributed by atoms with Crippen LogP contribution in [-0.4, -0.2) is 22.0 Å². The van der Waals surface area contributed by atoms with Crippen LogP contribution in [-0.2, 0) is 4.74 Å². The third-order valence-corrected chi connectivity index (χ3v) is 3.36. The van der Waals surface area contributed by atoms with E-state index in [9.17, 15) is 9.18 Å². The number of rotatable bonds is 3. The topological polar surface area (TPSA) is 69.6 Å². The Bertz CT molecular complexity index is 840. The van der Waals surface area contributed by atoms with Crippen molar-refractivity contribution in [1.82, 2.24) is 9.38 Å². The molecule has 0 amide bonds. The predicted octanol–water partition coefficient (Wildman–Crippen LogP) is 2.90. The Morgan fingerprint density at radius 1 is 1.32 bits per heavy atom. The van der Waals surface area contributed by atoms with Gasteiger partial charge in [-0.15, -0.1) is 0 Å². The molecule has 0 aliphatic carbocycles. The number of anilines is 1. The molecule has 0 saturated carbocycles. The number of esters is 1. The number of imidazole rings is 1. The standard InChI is InChI=1S/C16H14FN3O2/c1-2-22-16(21)13-9-19-15-14(18)12(7-8-20(13)15)10-3-5-11(17)6-4-10/h3-9H,2,18H2,1H3. The van der Waals surface area contributed by atoms with Crippen LogP contribution in [0.1, 0.15) is 17.4 Å². The van der Waals surface area contributed by atoms with Crippen LogP contribution in [0.5, 0.6) is 0 Å². The van der Waals surface area contributed by atoms with Crippen molar-refractivity contribution in [2.24, 2.45) is 0 Å². The van der Waals surface area contributed by atoms with Crippen molar-refractivity contribution >= 4 is 17.3 Å². The Morgan fingerprint density at radius 2 is 2.05 bits per heavy atom. The van der Waals surface area contributed by atoms with Crippen molar-refractivity contribution in [3.63, 3.8) is 0 Å². The van der Waals surface area contributed by atoms with Gasteiger partial charge < -0.3 is 10.5 Å². The van der Waals surface area contributed by atoms with E-state index in [1.54, 1.807) is 35.7 Å². The summed E-state index contributed by atoms with van der Waals surface area (Å²) < 4.78 is 19.6. The Labute approximate surface area is 126 Å². The van der Waals surface area contributed by atoms with E-state index in [0.29, 0.717) is 17.0 Å². The van der Waals surface area contributed by atoms with Gasteiger partial charge in [0.25, 0.3) is 0 Å². The van der Waals surface area contributed by atoms with E-state index in [2.05, 4.69) is 4.98 Å². The minimum atomic E-state index is -0.455.